The summed E-state index contributed by atoms with van der Waals surface area (Å²) in [6.07, 6.45) is -4.48. The third-order valence-corrected chi connectivity index (χ3v) is 2.24. The minimum atomic E-state index is -4.48. The average molecular weight is 230 g/mol. The molecule has 0 radical (unpaired) electrons. The number of alkyl halides is 3. The standard InChI is InChI=1S/C9H5F3N2O2/c10-9(11,12)8-13-4-1-6-7(16-3-15-6)2-5(4)14-8/h1-2H,3H2,(H,13,14). The van der Waals surface area contributed by atoms with E-state index in [0.29, 0.717) is 11.5 Å². The van der Waals surface area contributed by atoms with Crippen LogP contribution in [0.25, 0.3) is 11.0 Å². The summed E-state index contributed by atoms with van der Waals surface area (Å²) in [6.45, 7) is 0.0774. The van der Waals surface area contributed by atoms with E-state index in [4.69, 9.17) is 9.47 Å². The highest BCUT2D eigenvalue weighted by Crippen LogP contribution is 2.37. The molecule has 2 aromatic rings. The third kappa shape index (κ3) is 1.28. The zero-order valence-electron chi connectivity index (χ0n) is 7.76. The van der Waals surface area contributed by atoms with E-state index >= 15 is 0 Å². The second-order valence-electron chi connectivity index (χ2n) is 3.31. The Bertz CT molecular complexity index is 521. The van der Waals surface area contributed by atoms with E-state index < -0.39 is 12.0 Å². The Morgan fingerprint density at radius 1 is 1.19 bits per heavy atom. The molecular weight excluding hydrogens is 225 g/mol. The van der Waals surface area contributed by atoms with Gasteiger partial charge in [0.25, 0.3) is 0 Å². The van der Waals surface area contributed by atoms with E-state index in [1.807, 2.05) is 0 Å². The highest BCUT2D eigenvalue weighted by molar-refractivity contribution is 5.80. The summed E-state index contributed by atoms with van der Waals surface area (Å²) in [5.74, 6) is -0.191. The van der Waals surface area contributed by atoms with E-state index in [1.165, 1.54) is 12.1 Å². The topological polar surface area (TPSA) is 47.1 Å². The summed E-state index contributed by atoms with van der Waals surface area (Å²) < 4.78 is 47.2. The van der Waals surface area contributed by atoms with Crippen molar-refractivity contribution in [3.8, 4) is 11.5 Å². The molecule has 0 aliphatic carbocycles. The van der Waals surface area contributed by atoms with E-state index in [2.05, 4.69) is 9.97 Å². The van der Waals surface area contributed by atoms with E-state index in [1.54, 1.807) is 0 Å². The van der Waals surface area contributed by atoms with Gasteiger partial charge in [-0.05, 0) is 0 Å². The van der Waals surface area contributed by atoms with Gasteiger partial charge in [-0.15, -0.1) is 0 Å². The molecule has 0 amide bonds. The first-order chi connectivity index (χ1) is 7.54. The van der Waals surface area contributed by atoms with Gasteiger partial charge in [-0.3, -0.25) is 0 Å². The maximum Gasteiger partial charge on any atom is 0.449 e. The lowest BCUT2D eigenvalue weighted by molar-refractivity contribution is -0.144. The van der Waals surface area contributed by atoms with Crippen LogP contribution >= 0.6 is 0 Å². The molecule has 84 valence electrons. The molecule has 0 saturated heterocycles. The molecule has 0 spiro atoms. The highest BCUT2D eigenvalue weighted by Gasteiger charge is 2.35. The minimum Gasteiger partial charge on any atom is -0.454 e. The van der Waals surface area contributed by atoms with Crippen molar-refractivity contribution < 1.29 is 22.6 Å². The number of hydrogen-bond acceptors (Lipinski definition) is 3. The molecule has 0 saturated carbocycles. The molecule has 0 unspecified atom stereocenters. The van der Waals surface area contributed by atoms with Crippen molar-refractivity contribution in [2.45, 2.75) is 6.18 Å². The maximum absolute atomic E-state index is 12.4. The number of nitrogens with one attached hydrogen (secondary N) is 1. The van der Waals surface area contributed by atoms with Crippen molar-refractivity contribution in [3.05, 3.63) is 18.0 Å². The Balaban J connectivity index is 2.19. The van der Waals surface area contributed by atoms with Crippen LogP contribution in [-0.4, -0.2) is 16.8 Å². The Morgan fingerprint density at radius 2 is 1.88 bits per heavy atom. The number of hydrogen-bond donors (Lipinski definition) is 1. The van der Waals surface area contributed by atoms with Crippen LogP contribution < -0.4 is 9.47 Å². The van der Waals surface area contributed by atoms with Gasteiger partial charge in [-0.1, -0.05) is 0 Å². The van der Waals surface area contributed by atoms with Crippen LogP contribution in [0.3, 0.4) is 0 Å². The quantitative estimate of drug-likeness (QED) is 0.755. The number of aromatic nitrogens is 2. The number of nitrogens with zero attached hydrogens (tertiary/aromatic N) is 1. The van der Waals surface area contributed by atoms with Crippen LogP contribution in [-0.2, 0) is 6.18 Å². The van der Waals surface area contributed by atoms with Gasteiger partial charge in [0.05, 0.1) is 11.0 Å². The first-order valence-electron chi connectivity index (χ1n) is 4.40. The molecule has 1 N–H and O–H groups in total. The minimum absolute atomic E-state index is 0.0774. The molecule has 0 bridgehead atoms. The fourth-order valence-corrected chi connectivity index (χ4v) is 1.53. The van der Waals surface area contributed by atoms with Gasteiger partial charge in [0.2, 0.25) is 12.6 Å². The van der Waals surface area contributed by atoms with E-state index in [9.17, 15) is 13.2 Å². The molecule has 1 aliphatic rings. The van der Waals surface area contributed by atoms with Crippen molar-refractivity contribution >= 4 is 11.0 Å². The number of rotatable bonds is 0. The van der Waals surface area contributed by atoms with Crippen molar-refractivity contribution in [3.63, 3.8) is 0 Å². The zero-order valence-corrected chi connectivity index (χ0v) is 7.76. The Hall–Kier alpha value is -1.92. The summed E-state index contributed by atoms with van der Waals surface area (Å²) in [5, 5.41) is 0. The van der Waals surface area contributed by atoms with Crippen molar-refractivity contribution in [2.75, 3.05) is 6.79 Å². The SMILES string of the molecule is FC(F)(F)c1nc2cc3c(cc2[nH]1)OCO3. The van der Waals surface area contributed by atoms with Gasteiger partial charge in [0.1, 0.15) is 0 Å². The summed E-state index contributed by atoms with van der Waals surface area (Å²) in [7, 11) is 0. The summed E-state index contributed by atoms with van der Waals surface area (Å²) >= 11 is 0. The Kier molecular flexibility index (Phi) is 1.63. The molecule has 0 fully saturated rings. The van der Waals surface area contributed by atoms with Gasteiger partial charge < -0.3 is 14.5 Å². The first kappa shape index (κ1) is 9.32. The molecule has 7 heteroatoms. The monoisotopic (exact) mass is 230 g/mol. The Labute approximate surface area is 87.0 Å². The first-order valence-corrected chi connectivity index (χ1v) is 4.40. The van der Waals surface area contributed by atoms with Gasteiger partial charge >= 0.3 is 6.18 Å². The van der Waals surface area contributed by atoms with Crippen LogP contribution in [0.1, 0.15) is 5.82 Å². The Morgan fingerprint density at radius 3 is 2.56 bits per heavy atom. The van der Waals surface area contributed by atoms with E-state index in [-0.39, 0.29) is 17.8 Å². The summed E-state index contributed by atoms with van der Waals surface area (Å²) in [4.78, 5) is 5.64. The van der Waals surface area contributed by atoms with Gasteiger partial charge in [0.15, 0.2) is 11.5 Å². The molecule has 3 rings (SSSR count). The van der Waals surface area contributed by atoms with Crippen LogP contribution in [0.4, 0.5) is 13.2 Å². The van der Waals surface area contributed by atoms with Crippen LogP contribution in [0.15, 0.2) is 12.1 Å². The van der Waals surface area contributed by atoms with Crippen molar-refractivity contribution in [1.29, 1.82) is 0 Å². The molecule has 16 heavy (non-hydrogen) atoms. The summed E-state index contributed by atoms with van der Waals surface area (Å²) in [5.41, 5.74) is 0.480. The lowest BCUT2D eigenvalue weighted by Gasteiger charge is -1.98. The fraction of sp³-hybridized carbons (Fsp3) is 0.222. The predicted octanol–water partition coefficient (Wildman–Crippen LogP) is 2.31. The number of ether oxygens (including phenoxy) is 2. The van der Waals surface area contributed by atoms with Crippen LogP contribution in [0.5, 0.6) is 11.5 Å². The molecule has 1 aliphatic heterocycles. The lowest BCUT2D eigenvalue weighted by Crippen LogP contribution is -2.06. The van der Waals surface area contributed by atoms with Crippen molar-refractivity contribution in [2.24, 2.45) is 0 Å². The lowest BCUT2D eigenvalue weighted by atomic mass is 10.3. The highest BCUT2D eigenvalue weighted by atomic mass is 19.4. The second kappa shape index (κ2) is 2.81. The average Bonchev–Trinajstić information content (AvgIpc) is 2.75. The number of halogens is 3. The van der Waals surface area contributed by atoms with Gasteiger partial charge in [-0.2, -0.15) is 13.2 Å². The molecule has 1 aromatic heterocycles. The number of imidazole rings is 1. The van der Waals surface area contributed by atoms with Gasteiger partial charge in [0, 0.05) is 12.1 Å². The second-order valence-corrected chi connectivity index (χ2v) is 3.31. The zero-order chi connectivity index (χ0) is 11.3. The number of aromatic amines is 1. The number of H-pyrrole nitrogens is 1. The van der Waals surface area contributed by atoms with Crippen LogP contribution in [0.2, 0.25) is 0 Å². The predicted molar refractivity (Wildman–Crippen MR) is 47.2 cm³/mol. The molecule has 1 aromatic carbocycles. The fourth-order valence-electron chi connectivity index (χ4n) is 1.53. The normalized spacial score (nSPS) is 14.7. The molecular formula is C9H5F3N2O2. The van der Waals surface area contributed by atoms with Gasteiger partial charge in [-0.25, -0.2) is 4.98 Å². The van der Waals surface area contributed by atoms with Crippen LogP contribution in [0, 0.1) is 0 Å². The smallest absolute Gasteiger partial charge is 0.449 e. The number of benzene rings is 1. The number of fused-ring (bicyclic) bond motifs is 2. The summed E-state index contributed by atoms with van der Waals surface area (Å²) in [6, 6.07) is 2.86. The molecule has 4 nitrogen and oxygen atoms in total. The maximum atomic E-state index is 12.4. The largest absolute Gasteiger partial charge is 0.454 e. The molecule has 0 atom stereocenters. The van der Waals surface area contributed by atoms with Crippen molar-refractivity contribution in [1.82, 2.24) is 9.97 Å². The van der Waals surface area contributed by atoms with E-state index in [0.717, 1.165) is 0 Å². The molecule has 2 heterocycles. The third-order valence-electron chi connectivity index (χ3n) is 2.24.